The Labute approximate surface area is 165 Å². The van der Waals surface area contributed by atoms with Crippen LogP contribution in [0.25, 0.3) is 0 Å². The number of aliphatic imine (C=N–C) groups is 1. The monoisotopic (exact) mass is 456 g/mol. The van der Waals surface area contributed by atoms with Crippen LogP contribution in [-0.2, 0) is 26.1 Å². The fraction of sp³-hybridized carbons (Fsp3) is 0.471. The van der Waals surface area contributed by atoms with Gasteiger partial charge in [0.1, 0.15) is 11.6 Å². The molecule has 1 aromatic carbocycles. The van der Waals surface area contributed by atoms with E-state index in [2.05, 4.69) is 37.3 Å². The summed E-state index contributed by atoms with van der Waals surface area (Å²) in [5.41, 5.74) is 1.06. The standard InChI is InChI=1S/C17H24N6O.HI/c1-3-18-17(19-11-13-7-4-5-8-14(13)24-2)20-12-16-22-21-15-9-6-10-23(15)16;/h4-5,7-8H,3,6,9-12H2,1-2H3,(H2,18,19,20);1H. The van der Waals surface area contributed by atoms with Crippen LogP contribution >= 0.6 is 24.0 Å². The highest BCUT2D eigenvalue weighted by Crippen LogP contribution is 2.18. The highest BCUT2D eigenvalue weighted by atomic mass is 127. The number of fused-ring (bicyclic) bond motifs is 1. The van der Waals surface area contributed by atoms with Crippen LogP contribution in [0.15, 0.2) is 29.3 Å². The SMILES string of the molecule is CCNC(=NCc1ccccc1OC)NCc1nnc2n1CCC2.I. The molecule has 25 heavy (non-hydrogen) atoms. The van der Waals surface area contributed by atoms with Crippen molar-refractivity contribution in [2.75, 3.05) is 13.7 Å². The summed E-state index contributed by atoms with van der Waals surface area (Å²) in [4.78, 5) is 4.64. The van der Waals surface area contributed by atoms with Crippen LogP contribution < -0.4 is 15.4 Å². The first-order chi connectivity index (χ1) is 11.8. The predicted octanol–water partition coefficient (Wildman–Crippen LogP) is 2.11. The van der Waals surface area contributed by atoms with Crippen molar-refractivity contribution in [1.82, 2.24) is 25.4 Å². The fourth-order valence-corrected chi connectivity index (χ4v) is 2.84. The fourth-order valence-electron chi connectivity index (χ4n) is 2.84. The number of nitrogens with zero attached hydrogens (tertiary/aromatic N) is 4. The molecule has 2 aromatic rings. The van der Waals surface area contributed by atoms with Crippen LogP contribution in [0.2, 0.25) is 0 Å². The van der Waals surface area contributed by atoms with Crippen LogP contribution in [0.1, 0.15) is 30.6 Å². The number of ether oxygens (including phenoxy) is 1. The summed E-state index contributed by atoms with van der Waals surface area (Å²) in [7, 11) is 1.68. The number of hydrogen-bond donors (Lipinski definition) is 2. The maximum Gasteiger partial charge on any atom is 0.191 e. The van der Waals surface area contributed by atoms with Gasteiger partial charge in [0.2, 0.25) is 0 Å². The number of nitrogens with one attached hydrogen (secondary N) is 2. The first-order valence-electron chi connectivity index (χ1n) is 8.37. The van der Waals surface area contributed by atoms with Gasteiger partial charge in [0.05, 0.1) is 20.2 Å². The van der Waals surface area contributed by atoms with Crippen LogP contribution in [-0.4, -0.2) is 34.4 Å². The molecule has 1 aromatic heterocycles. The first kappa shape index (κ1) is 19.5. The van der Waals surface area contributed by atoms with Gasteiger partial charge < -0.3 is 19.9 Å². The van der Waals surface area contributed by atoms with E-state index < -0.39 is 0 Å². The number of halogens is 1. The molecule has 3 rings (SSSR count). The molecule has 8 heteroatoms. The van der Waals surface area contributed by atoms with Gasteiger partial charge in [-0.15, -0.1) is 34.2 Å². The van der Waals surface area contributed by atoms with Crippen molar-refractivity contribution < 1.29 is 4.74 Å². The van der Waals surface area contributed by atoms with Crippen molar-refractivity contribution >= 4 is 29.9 Å². The summed E-state index contributed by atoms with van der Waals surface area (Å²) in [5.74, 6) is 3.67. The van der Waals surface area contributed by atoms with Crippen LogP contribution in [0.4, 0.5) is 0 Å². The molecule has 0 atom stereocenters. The molecule has 0 saturated heterocycles. The van der Waals surface area contributed by atoms with Gasteiger partial charge in [-0.25, -0.2) is 4.99 Å². The first-order valence-corrected chi connectivity index (χ1v) is 8.37. The summed E-state index contributed by atoms with van der Waals surface area (Å²) >= 11 is 0. The van der Waals surface area contributed by atoms with E-state index in [4.69, 9.17) is 4.74 Å². The molecule has 0 fully saturated rings. The van der Waals surface area contributed by atoms with E-state index in [-0.39, 0.29) is 24.0 Å². The topological polar surface area (TPSA) is 76.4 Å². The zero-order chi connectivity index (χ0) is 16.8. The number of para-hydroxylation sites is 1. The third-order valence-corrected chi connectivity index (χ3v) is 4.04. The molecule has 1 aliphatic rings. The van der Waals surface area contributed by atoms with Gasteiger partial charge in [0, 0.05) is 25.1 Å². The summed E-state index contributed by atoms with van der Waals surface area (Å²) in [6.07, 6.45) is 2.18. The lowest BCUT2D eigenvalue weighted by Crippen LogP contribution is -2.37. The lowest BCUT2D eigenvalue weighted by molar-refractivity contribution is 0.410. The van der Waals surface area contributed by atoms with Crippen molar-refractivity contribution in [2.45, 2.75) is 39.4 Å². The molecule has 7 nitrogen and oxygen atoms in total. The number of rotatable bonds is 6. The van der Waals surface area contributed by atoms with E-state index in [1.165, 1.54) is 0 Å². The summed E-state index contributed by atoms with van der Waals surface area (Å²) < 4.78 is 7.57. The van der Waals surface area contributed by atoms with Crippen molar-refractivity contribution in [3.05, 3.63) is 41.5 Å². The smallest absolute Gasteiger partial charge is 0.191 e. The van der Waals surface area contributed by atoms with Gasteiger partial charge in [-0.05, 0) is 19.4 Å². The average molecular weight is 456 g/mol. The normalized spacial score (nSPS) is 13.1. The average Bonchev–Trinajstić information content (AvgIpc) is 3.21. The Kier molecular flexibility index (Phi) is 7.48. The number of aromatic nitrogens is 3. The lowest BCUT2D eigenvalue weighted by atomic mass is 10.2. The quantitative estimate of drug-likeness (QED) is 0.396. The molecule has 2 heterocycles. The number of benzene rings is 1. The van der Waals surface area contributed by atoms with E-state index in [1.54, 1.807) is 7.11 Å². The van der Waals surface area contributed by atoms with Gasteiger partial charge in [-0.2, -0.15) is 0 Å². The van der Waals surface area contributed by atoms with Crippen molar-refractivity contribution in [1.29, 1.82) is 0 Å². The summed E-state index contributed by atoms with van der Waals surface area (Å²) in [5, 5.41) is 15.1. The molecule has 0 bridgehead atoms. The van der Waals surface area contributed by atoms with Gasteiger partial charge in [0.15, 0.2) is 11.8 Å². The largest absolute Gasteiger partial charge is 0.496 e. The Morgan fingerprint density at radius 1 is 1.28 bits per heavy atom. The number of aryl methyl sites for hydroxylation is 1. The molecule has 0 amide bonds. The van der Waals surface area contributed by atoms with Gasteiger partial charge in [-0.3, -0.25) is 0 Å². The Morgan fingerprint density at radius 3 is 2.92 bits per heavy atom. The molecule has 1 aliphatic heterocycles. The van der Waals surface area contributed by atoms with Crippen LogP contribution in [0.5, 0.6) is 5.75 Å². The molecule has 136 valence electrons. The van der Waals surface area contributed by atoms with E-state index >= 15 is 0 Å². The van der Waals surface area contributed by atoms with Gasteiger partial charge in [-0.1, -0.05) is 18.2 Å². The minimum Gasteiger partial charge on any atom is -0.496 e. The Bertz CT molecular complexity index is 715. The Balaban J connectivity index is 0.00000225. The highest BCUT2D eigenvalue weighted by molar-refractivity contribution is 14.0. The maximum atomic E-state index is 5.38. The molecule has 0 unspecified atom stereocenters. The predicted molar refractivity (Wildman–Crippen MR) is 108 cm³/mol. The lowest BCUT2D eigenvalue weighted by Gasteiger charge is -2.12. The summed E-state index contributed by atoms with van der Waals surface area (Å²) in [6.45, 7) is 5.03. The minimum atomic E-state index is 0. The van der Waals surface area contributed by atoms with Crippen LogP contribution in [0.3, 0.4) is 0 Å². The van der Waals surface area contributed by atoms with Gasteiger partial charge in [0.25, 0.3) is 0 Å². The second-order valence-electron chi connectivity index (χ2n) is 5.65. The van der Waals surface area contributed by atoms with E-state index in [9.17, 15) is 0 Å². The minimum absolute atomic E-state index is 0. The third-order valence-electron chi connectivity index (χ3n) is 4.04. The molecular formula is C17H25IN6O. The molecule has 0 radical (unpaired) electrons. The molecular weight excluding hydrogens is 431 g/mol. The highest BCUT2D eigenvalue weighted by Gasteiger charge is 2.17. The Morgan fingerprint density at radius 2 is 2.12 bits per heavy atom. The second-order valence-corrected chi connectivity index (χ2v) is 5.65. The van der Waals surface area contributed by atoms with E-state index in [0.29, 0.717) is 13.1 Å². The number of hydrogen-bond acceptors (Lipinski definition) is 4. The molecule has 0 aliphatic carbocycles. The van der Waals surface area contributed by atoms with E-state index in [1.807, 2.05) is 24.3 Å². The zero-order valence-electron chi connectivity index (χ0n) is 14.7. The zero-order valence-corrected chi connectivity index (χ0v) is 17.0. The van der Waals surface area contributed by atoms with Crippen molar-refractivity contribution in [3.63, 3.8) is 0 Å². The van der Waals surface area contributed by atoms with Crippen molar-refractivity contribution in [2.24, 2.45) is 4.99 Å². The van der Waals surface area contributed by atoms with Gasteiger partial charge >= 0.3 is 0 Å². The Hall–Kier alpha value is -1.84. The summed E-state index contributed by atoms with van der Waals surface area (Å²) in [6, 6.07) is 7.93. The van der Waals surface area contributed by atoms with E-state index in [0.717, 1.165) is 54.9 Å². The molecule has 2 N–H and O–H groups in total. The van der Waals surface area contributed by atoms with Crippen LogP contribution in [0, 0.1) is 0 Å². The number of methoxy groups -OCH3 is 1. The van der Waals surface area contributed by atoms with Crippen molar-refractivity contribution in [3.8, 4) is 5.75 Å². The second kappa shape index (κ2) is 9.59. The number of guanidine groups is 1. The maximum absolute atomic E-state index is 5.38. The third kappa shape index (κ3) is 4.83. The molecule has 0 saturated carbocycles. The molecule has 0 spiro atoms.